The van der Waals surface area contributed by atoms with Gasteiger partial charge in [-0.05, 0) is 59.9 Å². The van der Waals surface area contributed by atoms with Crippen molar-refractivity contribution in [2.24, 2.45) is 5.92 Å². The Labute approximate surface area is 240 Å². The minimum atomic E-state index is -0.216. The van der Waals surface area contributed by atoms with Gasteiger partial charge in [0.1, 0.15) is 6.54 Å². The van der Waals surface area contributed by atoms with Crippen LogP contribution in [0.2, 0.25) is 5.02 Å². The highest BCUT2D eigenvalue weighted by Crippen LogP contribution is 2.28. The summed E-state index contributed by atoms with van der Waals surface area (Å²) in [7, 11) is 3.18. The number of carbonyl (C=O) groups is 2. The van der Waals surface area contributed by atoms with Crippen molar-refractivity contribution in [2.45, 2.75) is 26.8 Å². The molecule has 0 radical (unpaired) electrons. The second-order valence-electron chi connectivity index (χ2n) is 10.2. The molecular formula is C32H36ClN3O4. The fraction of sp³-hybridized carbons (Fsp3) is 0.312. The smallest absolute Gasteiger partial charge is 0.254 e. The molecule has 0 fully saturated rings. The van der Waals surface area contributed by atoms with Crippen molar-refractivity contribution >= 4 is 34.3 Å². The van der Waals surface area contributed by atoms with Gasteiger partial charge in [-0.1, -0.05) is 55.8 Å². The Kier molecular flexibility index (Phi) is 9.72. The van der Waals surface area contributed by atoms with Gasteiger partial charge in [0.2, 0.25) is 5.91 Å². The lowest BCUT2D eigenvalue weighted by Crippen LogP contribution is -2.44. The van der Waals surface area contributed by atoms with Crippen LogP contribution in [0.5, 0.6) is 11.5 Å². The molecule has 3 aromatic carbocycles. The van der Waals surface area contributed by atoms with Crippen LogP contribution in [0.3, 0.4) is 0 Å². The Balaban J connectivity index is 1.59. The first kappa shape index (κ1) is 29.0. The number of methoxy groups -OCH3 is 2. The normalized spacial score (nSPS) is 11.1. The maximum absolute atomic E-state index is 13.9. The van der Waals surface area contributed by atoms with E-state index in [1.807, 2.05) is 61.3 Å². The van der Waals surface area contributed by atoms with Crippen LogP contribution >= 0.6 is 11.6 Å². The fourth-order valence-electron chi connectivity index (χ4n) is 4.81. The SMILES string of the molecule is COc1ccc(CN(CCc2c[nH]c3ccccc23)C(=O)CN(CC(C)C)C(=O)c2cccc(Cl)c2)cc1OC. The lowest BCUT2D eigenvalue weighted by atomic mass is 10.1. The molecule has 2 amide bonds. The van der Waals surface area contributed by atoms with Gasteiger partial charge < -0.3 is 24.3 Å². The van der Waals surface area contributed by atoms with Gasteiger partial charge in [-0.15, -0.1) is 0 Å². The Hall–Kier alpha value is -3.97. The first-order chi connectivity index (χ1) is 19.3. The average molecular weight is 562 g/mol. The number of hydrogen-bond acceptors (Lipinski definition) is 4. The standard InChI is InChI=1S/C32H36ClN3O4/c1-22(2)19-36(32(38)24-8-7-9-26(33)17-24)21-31(37)35(20-23-12-13-29(39-3)30(16-23)40-4)15-14-25-18-34-28-11-6-5-10-27(25)28/h5-13,16-18,22,34H,14-15,19-21H2,1-4H3. The van der Waals surface area contributed by atoms with Gasteiger partial charge in [0.05, 0.1) is 14.2 Å². The van der Waals surface area contributed by atoms with Gasteiger partial charge in [0.25, 0.3) is 5.91 Å². The third-order valence-electron chi connectivity index (χ3n) is 6.77. The Morgan fingerprint density at radius 2 is 1.70 bits per heavy atom. The molecule has 8 heteroatoms. The lowest BCUT2D eigenvalue weighted by molar-refractivity contribution is -0.132. The van der Waals surface area contributed by atoms with Crippen LogP contribution in [0.1, 0.15) is 35.3 Å². The van der Waals surface area contributed by atoms with Crippen molar-refractivity contribution in [3.8, 4) is 11.5 Å². The number of ether oxygens (including phenoxy) is 2. The Bertz CT molecular complexity index is 1470. The first-order valence-electron chi connectivity index (χ1n) is 13.4. The van der Waals surface area contributed by atoms with Crippen LogP contribution in [-0.2, 0) is 17.8 Å². The summed E-state index contributed by atoms with van der Waals surface area (Å²) >= 11 is 6.16. The maximum atomic E-state index is 13.9. The summed E-state index contributed by atoms with van der Waals surface area (Å²) in [6.07, 6.45) is 2.66. The summed E-state index contributed by atoms with van der Waals surface area (Å²) in [6.45, 7) is 5.31. The van der Waals surface area contributed by atoms with Gasteiger partial charge in [-0.2, -0.15) is 0 Å². The van der Waals surface area contributed by atoms with E-state index in [2.05, 4.69) is 11.1 Å². The molecule has 4 rings (SSSR count). The van der Waals surface area contributed by atoms with E-state index in [-0.39, 0.29) is 24.3 Å². The summed E-state index contributed by atoms with van der Waals surface area (Å²) in [5, 5.41) is 1.62. The second-order valence-corrected chi connectivity index (χ2v) is 10.6. The summed E-state index contributed by atoms with van der Waals surface area (Å²) in [5.41, 5.74) is 3.56. The summed E-state index contributed by atoms with van der Waals surface area (Å²) in [5.74, 6) is 1.05. The van der Waals surface area contributed by atoms with Crippen molar-refractivity contribution in [3.63, 3.8) is 0 Å². The highest BCUT2D eigenvalue weighted by atomic mass is 35.5. The molecule has 0 aliphatic heterocycles. The highest BCUT2D eigenvalue weighted by molar-refractivity contribution is 6.31. The summed E-state index contributed by atoms with van der Waals surface area (Å²) < 4.78 is 10.9. The third-order valence-corrected chi connectivity index (χ3v) is 7.01. The number of nitrogens with one attached hydrogen (secondary N) is 1. The Morgan fingerprint density at radius 3 is 2.42 bits per heavy atom. The number of rotatable bonds is 12. The zero-order valence-corrected chi connectivity index (χ0v) is 24.2. The van der Waals surface area contributed by atoms with Crippen molar-refractivity contribution in [3.05, 3.63) is 94.6 Å². The summed E-state index contributed by atoms with van der Waals surface area (Å²) in [4.78, 5) is 34.1. The van der Waals surface area contributed by atoms with Crippen molar-refractivity contribution in [1.29, 1.82) is 0 Å². The molecule has 0 saturated heterocycles. The van der Waals surface area contributed by atoms with E-state index >= 15 is 0 Å². The Morgan fingerprint density at radius 1 is 0.925 bits per heavy atom. The van der Waals surface area contributed by atoms with Crippen LogP contribution in [0, 0.1) is 5.92 Å². The predicted molar refractivity (Wildman–Crippen MR) is 159 cm³/mol. The number of halogens is 1. The largest absolute Gasteiger partial charge is 0.493 e. The molecule has 0 aliphatic rings. The monoisotopic (exact) mass is 561 g/mol. The molecule has 4 aromatic rings. The number of hydrogen-bond donors (Lipinski definition) is 1. The minimum Gasteiger partial charge on any atom is -0.493 e. The van der Waals surface area contributed by atoms with Crippen LogP contribution < -0.4 is 9.47 Å². The molecule has 40 heavy (non-hydrogen) atoms. The number of fused-ring (bicyclic) bond motifs is 1. The van der Waals surface area contributed by atoms with E-state index in [0.717, 1.165) is 22.0 Å². The molecule has 0 atom stereocenters. The molecule has 0 saturated carbocycles. The minimum absolute atomic E-state index is 0.0370. The summed E-state index contributed by atoms with van der Waals surface area (Å²) in [6, 6.07) is 20.6. The number of benzene rings is 3. The number of para-hydroxylation sites is 1. The quantitative estimate of drug-likeness (QED) is 0.223. The topological polar surface area (TPSA) is 74.9 Å². The third kappa shape index (κ3) is 7.16. The van der Waals surface area contributed by atoms with E-state index in [1.165, 1.54) is 0 Å². The zero-order valence-electron chi connectivity index (χ0n) is 23.4. The van der Waals surface area contributed by atoms with Gasteiger partial charge in [-0.25, -0.2) is 0 Å². The van der Waals surface area contributed by atoms with Crippen molar-refractivity contribution < 1.29 is 19.1 Å². The number of H-pyrrole nitrogens is 1. The van der Waals surface area contributed by atoms with E-state index in [1.54, 1.807) is 43.4 Å². The molecular weight excluding hydrogens is 526 g/mol. The zero-order chi connectivity index (χ0) is 28.6. The maximum Gasteiger partial charge on any atom is 0.254 e. The molecule has 1 N–H and O–H groups in total. The van der Waals surface area contributed by atoms with Gasteiger partial charge in [0, 0.05) is 47.3 Å². The van der Waals surface area contributed by atoms with Gasteiger partial charge >= 0.3 is 0 Å². The van der Waals surface area contributed by atoms with Crippen molar-refractivity contribution in [1.82, 2.24) is 14.8 Å². The van der Waals surface area contributed by atoms with E-state index in [4.69, 9.17) is 21.1 Å². The van der Waals surface area contributed by atoms with Gasteiger partial charge in [0.15, 0.2) is 11.5 Å². The molecule has 1 heterocycles. The molecule has 1 aromatic heterocycles. The van der Waals surface area contributed by atoms with E-state index in [9.17, 15) is 9.59 Å². The number of carbonyl (C=O) groups excluding carboxylic acids is 2. The number of nitrogens with zero attached hydrogens (tertiary/aromatic N) is 2. The molecule has 0 aliphatic carbocycles. The van der Waals surface area contributed by atoms with Crippen LogP contribution in [0.4, 0.5) is 0 Å². The fourth-order valence-corrected chi connectivity index (χ4v) is 5.00. The van der Waals surface area contributed by atoms with Crippen molar-refractivity contribution in [2.75, 3.05) is 33.9 Å². The molecule has 7 nitrogen and oxygen atoms in total. The first-order valence-corrected chi connectivity index (χ1v) is 13.7. The van der Waals surface area contributed by atoms with Crippen LogP contribution in [-0.4, -0.2) is 60.5 Å². The van der Waals surface area contributed by atoms with E-state index < -0.39 is 0 Å². The molecule has 0 bridgehead atoms. The van der Waals surface area contributed by atoms with Crippen LogP contribution in [0.15, 0.2) is 72.9 Å². The van der Waals surface area contributed by atoms with Gasteiger partial charge in [-0.3, -0.25) is 9.59 Å². The van der Waals surface area contributed by atoms with Crippen LogP contribution in [0.25, 0.3) is 10.9 Å². The average Bonchev–Trinajstić information content (AvgIpc) is 3.37. The molecule has 0 spiro atoms. The van der Waals surface area contributed by atoms with E-state index in [0.29, 0.717) is 48.1 Å². The molecule has 0 unspecified atom stereocenters. The lowest BCUT2D eigenvalue weighted by Gasteiger charge is -2.29. The number of aromatic amines is 1. The highest BCUT2D eigenvalue weighted by Gasteiger charge is 2.24. The number of amides is 2. The predicted octanol–water partition coefficient (Wildman–Crippen LogP) is 6.21. The molecule has 210 valence electrons. The second kappa shape index (κ2) is 13.4. The number of aromatic nitrogens is 1.